The third-order valence-corrected chi connectivity index (χ3v) is 6.07. The predicted molar refractivity (Wildman–Crippen MR) is 84.9 cm³/mol. The lowest BCUT2D eigenvalue weighted by molar-refractivity contribution is 0.281. The zero-order valence-corrected chi connectivity index (χ0v) is 13.9. The molecule has 1 aromatic heterocycles. The van der Waals surface area contributed by atoms with Gasteiger partial charge in [0, 0.05) is 16.3 Å². The first-order valence-electron chi connectivity index (χ1n) is 6.59. The molecule has 0 radical (unpaired) electrons. The Morgan fingerprint density at radius 2 is 1.86 bits per heavy atom. The molecule has 0 aliphatic rings. The van der Waals surface area contributed by atoms with E-state index < -0.39 is 10.0 Å². The van der Waals surface area contributed by atoms with E-state index in [9.17, 15) is 8.42 Å². The largest absolute Gasteiger partial charge is 0.392 e. The van der Waals surface area contributed by atoms with Gasteiger partial charge < -0.3 is 5.11 Å². The van der Waals surface area contributed by atoms with Gasteiger partial charge >= 0.3 is 0 Å². The zero-order chi connectivity index (χ0) is 15.6. The van der Waals surface area contributed by atoms with Crippen molar-refractivity contribution in [3.63, 3.8) is 0 Å². The molecule has 21 heavy (non-hydrogen) atoms. The highest BCUT2D eigenvalue weighted by molar-refractivity contribution is 7.89. The predicted octanol–water partition coefficient (Wildman–Crippen LogP) is 2.64. The van der Waals surface area contributed by atoms with Crippen LogP contribution in [0.3, 0.4) is 0 Å². The van der Waals surface area contributed by atoms with Gasteiger partial charge in [0.2, 0.25) is 10.0 Å². The van der Waals surface area contributed by atoms with Gasteiger partial charge in [-0.25, -0.2) is 13.1 Å². The molecule has 4 nitrogen and oxygen atoms in total. The Hall–Kier alpha value is -1.21. The van der Waals surface area contributed by atoms with Gasteiger partial charge in [-0.15, -0.1) is 11.3 Å². The molecular weight excluding hydrogens is 306 g/mol. The van der Waals surface area contributed by atoms with Crippen molar-refractivity contribution in [3.05, 3.63) is 50.7 Å². The van der Waals surface area contributed by atoms with Crippen LogP contribution in [0, 0.1) is 20.8 Å². The second-order valence-corrected chi connectivity index (χ2v) is 8.11. The van der Waals surface area contributed by atoms with E-state index >= 15 is 0 Å². The van der Waals surface area contributed by atoms with E-state index in [1.807, 2.05) is 19.9 Å². The van der Waals surface area contributed by atoms with Crippen LogP contribution >= 0.6 is 11.3 Å². The van der Waals surface area contributed by atoms with Crippen molar-refractivity contribution in [2.75, 3.05) is 0 Å². The minimum Gasteiger partial charge on any atom is -0.392 e. The van der Waals surface area contributed by atoms with Crippen LogP contribution in [-0.4, -0.2) is 13.5 Å². The molecule has 2 N–H and O–H groups in total. The lowest BCUT2D eigenvalue weighted by Crippen LogP contribution is -2.23. The summed E-state index contributed by atoms with van der Waals surface area (Å²) >= 11 is 1.60. The molecule has 6 heteroatoms. The van der Waals surface area contributed by atoms with Crippen molar-refractivity contribution < 1.29 is 13.5 Å². The maximum Gasteiger partial charge on any atom is 0.241 e. The molecule has 0 saturated carbocycles. The van der Waals surface area contributed by atoms with Gasteiger partial charge in [0.1, 0.15) is 0 Å². The lowest BCUT2D eigenvalue weighted by atomic mass is 10.2. The SMILES string of the molecule is Cc1ccc(CO)cc1S(=O)(=O)NCc1cc(C)c(C)s1. The average Bonchev–Trinajstić information content (AvgIpc) is 2.76. The van der Waals surface area contributed by atoms with Crippen LogP contribution in [0.4, 0.5) is 0 Å². The summed E-state index contributed by atoms with van der Waals surface area (Å²) in [7, 11) is -3.58. The molecule has 0 atom stereocenters. The molecule has 0 bridgehead atoms. The average molecular weight is 325 g/mol. The first-order chi connectivity index (χ1) is 9.83. The van der Waals surface area contributed by atoms with E-state index in [1.54, 1.807) is 30.4 Å². The number of rotatable bonds is 5. The summed E-state index contributed by atoms with van der Waals surface area (Å²) in [5.74, 6) is 0. The summed E-state index contributed by atoms with van der Waals surface area (Å²) in [4.78, 5) is 2.41. The van der Waals surface area contributed by atoms with Crippen molar-refractivity contribution in [2.45, 2.75) is 38.8 Å². The molecular formula is C15H19NO3S2. The first-order valence-corrected chi connectivity index (χ1v) is 8.89. The van der Waals surface area contributed by atoms with E-state index in [0.29, 0.717) is 11.1 Å². The molecule has 0 spiro atoms. The molecule has 2 rings (SSSR count). The van der Waals surface area contributed by atoms with Crippen LogP contribution in [0.5, 0.6) is 0 Å². The van der Waals surface area contributed by atoms with Gasteiger partial charge in [0.25, 0.3) is 0 Å². The Bertz CT molecular complexity index is 729. The van der Waals surface area contributed by atoms with Crippen LogP contribution in [0.2, 0.25) is 0 Å². The van der Waals surface area contributed by atoms with Crippen molar-refractivity contribution in [1.82, 2.24) is 4.72 Å². The van der Waals surface area contributed by atoms with E-state index in [1.165, 1.54) is 16.5 Å². The van der Waals surface area contributed by atoms with Crippen molar-refractivity contribution in [1.29, 1.82) is 0 Å². The highest BCUT2D eigenvalue weighted by atomic mass is 32.2. The number of aliphatic hydroxyl groups excluding tert-OH is 1. The van der Waals surface area contributed by atoms with Crippen molar-refractivity contribution >= 4 is 21.4 Å². The monoisotopic (exact) mass is 325 g/mol. The van der Waals surface area contributed by atoms with Crippen LogP contribution in [0.25, 0.3) is 0 Å². The topological polar surface area (TPSA) is 66.4 Å². The second kappa shape index (κ2) is 6.27. The maximum absolute atomic E-state index is 12.4. The van der Waals surface area contributed by atoms with Crippen molar-refractivity contribution in [3.8, 4) is 0 Å². The molecule has 1 heterocycles. The highest BCUT2D eigenvalue weighted by Gasteiger charge is 2.17. The third kappa shape index (κ3) is 3.71. The number of aliphatic hydroxyl groups is 1. The summed E-state index contributed by atoms with van der Waals surface area (Å²) in [6.07, 6.45) is 0. The smallest absolute Gasteiger partial charge is 0.241 e. The minimum atomic E-state index is -3.58. The van der Waals surface area contributed by atoms with E-state index in [4.69, 9.17) is 5.11 Å². The molecule has 2 aromatic rings. The number of thiophene rings is 1. The summed E-state index contributed by atoms with van der Waals surface area (Å²) in [6, 6.07) is 6.95. The van der Waals surface area contributed by atoms with Gasteiger partial charge in [0.05, 0.1) is 11.5 Å². The molecule has 0 unspecified atom stereocenters. The van der Waals surface area contributed by atoms with Gasteiger partial charge in [-0.3, -0.25) is 0 Å². The number of nitrogens with one attached hydrogen (secondary N) is 1. The Morgan fingerprint density at radius 1 is 1.14 bits per heavy atom. The third-order valence-electron chi connectivity index (χ3n) is 3.38. The maximum atomic E-state index is 12.4. The van der Waals surface area contributed by atoms with Crippen LogP contribution in [0.15, 0.2) is 29.2 Å². The number of hydrogen-bond donors (Lipinski definition) is 2. The normalized spacial score (nSPS) is 11.8. The molecule has 114 valence electrons. The van der Waals surface area contributed by atoms with Gasteiger partial charge in [-0.2, -0.15) is 0 Å². The Kier molecular flexibility index (Phi) is 4.83. The van der Waals surface area contributed by atoms with Crippen LogP contribution < -0.4 is 4.72 Å². The number of sulfonamides is 1. The number of hydrogen-bond acceptors (Lipinski definition) is 4. The molecule has 0 amide bonds. The fourth-order valence-electron chi connectivity index (χ4n) is 2.01. The molecule has 0 aliphatic carbocycles. The highest BCUT2D eigenvalue weighted by Crippen LogP contribution is 2.22. The Labute approximate surface area is 129 Å². The Morgan fingerprint density at radius 3 is 2.43 bits per heavy atom. The molecule has 0 saturated heterocycles. The van der Waals surface area contributed by atoms with E-state index in [2.05, 4.69) is 4.72 Å². The minimum absolute atomic E-state index is 0.174. The van der Waals surface area contributed by atoms with Crippen LogP contribution in [0.1, 0.15) is 26.4 Å². The number of aryl methyl sites for hydroxylation is 3. The van der Waals surface area contributed by atoms with Crippen molar-refractivity contribution in [2.24, 2.45) is 0 Å². The fourth-order valence-corrected chi connectivity index (χ4v) is 4.40. The first kappa shape index (κ1) is 16.2. The molecule has 1 aromatic carbocycles. The summed E-state index contributed by atoms with van der Waals surface area (Å²) in [5.41, 5.74) is 2.43. The lowest BCUT2D eigenvalue weighted by Gasteiger charge is -2.10. The number of benzene rings is 1. The summed E-state index contributed by atoms with van der Waals surface area (Å²) in [5, 5.41) is 9.15. The van der Waals surface area contributed by atoms with E-state index in [-0.39, 0.29) is 18.0 Å². The summed E-state index contributed by atoms with van der Waals surface area (Å²) < 4.78 is 27.4. The van der Waals surface area contributed by atoms with Gasteiger partial charge in [-0.1, -0.05) is 12.1 Å². The fraction of sp³-hybridized carbons (Fsp3) is 0.333. The molecule has 0 aliphatic heterocycles. The van der Waals surface area contributed by atoms with Gasteiger partial charge in [0.15, 0.2) is 0 Å². The molecule has 0 fully saturated rings. The quantitative estimate of drug-likeness (QED) is 0.888. The standard InChI is InChI=1S/C15H19NO3S2/c1-10-4-5-13(9-17)7-15(10)21(18,19)16-8-14-6-11(2)12(3)20-14/h4-7,16-17H,8-9H2,1-3H3. The summed E-state index contributed by atoms with van der Waals surface area (Å²) in [6.45, 7) is 5.89. The second-order valence-electron chi connectivity index (χ2n) is 5.03. The van der Waals surface area contributed by atoms with E-state index in [0.717, 1.165) is 4.88 Å². The zero-order valence-electron chi connectivity index (χ0n) is 12.3. The Balaban J connectivity index is 2.22. The van der Waals surface area contributed by atoms with Gasteiger partial charge in [-0.05, 0) is 49.6 Å². The van der Waals surface area contributed by atoms with Crippen LogP contribution in [-0.2, 0) is 23.2 Å².